The Labute approximate surface area is 208 Å². The molecule has 4 heterocycles. The zero-order chi connectivity index (χ0) is 23.8. The van der Waals surface area contributed by atoms with E-state index in [1.54, 1.807) is 35.4 Å². The Bertz CT molecular complexity index is 1100. The lowest BCUT2D eigenvalue weighted by atomic mass is 9.89. The Morgan fingerprint density at radius 2 is 2.09 bits per heavy atom. The molecule has 3 aromatic rings. The summed E-state index contributed by atoms with van der Waals surface area (Å²) < 4.78 is 5.33. The Morgan fingerprint density at radius 1 is 1.24 bits per heavy atom. The fourth-order valence-electron chi connectivity index (χ4n) is 4.00. The SMILES string of the molecule is Cc1ccc(C(=O)NCCSCc2ccco2)c(C2CCN(C(=O)/C=C/c3cccs3)CC2)n1. The Hall–Kier alpha value is -2.84. The molecule has 1 N–H and O–H groups in total. The molecule has 0 saturated carbocycles. The number of nitrogens with zero attached hydrogens (tertiary/aromatic N) is 2. The molecule has 0 atom stereocenters. The van der Waals surface area contributed by atoms with Crippen LogP contribution < -0.4 is 5.32 Å². The first kappa shape index (κ1) is 24.3. The van der Waals surface area contributed by atoms with E-state index in [2.05, 4.69) is 5.32 Å². The summed E-state index contributed by atoms with van der Waals surface area (Å²) in [5.41, 5.74) is 2.39. The second kappa shape index (κ2) is 12.0. The minimum atomic E-state index is -0.0847. The van der Waals surface area contributed by atoms with Gasteiger partial charge in [-0.1, -0.05) is 6.07 Å². The van der Waals surface area contributed by atoms with Crippen LogP contribution in [-0.4, -0.2) is 47.1 Å². The molecule has 0 unspecified atom stereocenters. The summed E-state index contributed by atoms with van der Waals surface area (Å²) in [4.78, 5) is 33.2. The Kier molecular flexibility index (Phi) is 8.60. The molecular formula is C26H29N3O3S2. The number of furan rings is 1. The number of aryl methyl sites for hydroxylation is 1. The first-order chi connectivity index (χ1) is 16.6. The summed E-state index contributed by atoms with van der Waals surface area (Å²) in [6.07, 6.45) is 6.80. The summed E-state index contributed by atoms with van der Waals surface area (Å²) in [5, 5.41) is 5.03. The lowest BCUT2D eigenvalue weighted by Crippen LogP contribution is -2.37. The van der Waals surface area contributed by atoms with E-state index in [1.165, 1.54) is 0 Å². The van der Waals surface area contributed by atoms with Gasteiger partial charge >= 0.3 is 0 Å². The van der Waals surface area contributed by atoms with Crippen molar-refractivity contribution < 1.29 is 14.0 Å². The highest BCUT2D eigenvalue weighted by Gasteiger charge is 2.27. The summed E-state index contributed by atoms with van der Waals surface area (Å²) in [7, 11) is 0. The number of nitrogens with one attached hydrogen (secondary N) is 1. The van der Waals surface area contributed by atoms with Crippen molar-refractivity contribution in [3.8, 4) is 0 Å². The molecule has 8 heteroatoms. The third-order valence-electron chi connectivity index (χ3n) is 5.79. The van der Waals surface area contributed by atoms with E-state index in [0.717, 1.165) is 46.4 Å². The predicted molar refractivity (Wildman–Crippen MR) is 138 cm³/mol. The second-order valence-electron chi connectivity index (χ2n) is 8.22. The van der Waals surface area contributed by atoms with E-state index in [-0.39, 0.29) is 17.7 Å². The maximum absolute atomic E-state index is 12.9. The molecule has 6 nitrogen and oxygen atoms in total. The minimum Gasteiger partial charge on any atom is -0.468 e. The average Bonchev–Trinajstić information content (AvgIpc) is 3.57. The molecule has 34 heavy (non-hydrogen) atoms. The van der Waals surface area contributed by atoms with Crippen LogP contribution in [-0.2, 0) is 10.5 Å². The highest BCUT2D eigenvalue weighted by atomic mass is 32.2. The van der Waals surface area contributed by atoms with Crippen LogP contribution >= 0.6 is 23.1 Å². The smallest absolute Gasteiger partial charge is 0.253 e. The number of pyridine rings is 1. The van der Waals surface area contributed by atoms with Gasteiger partial charge in [0.25, 0.3) is 5.91 Å². The lowest BCUT2D eigenvalue weighted by molar-refractivity contribution is -0.127. The Morgan fingerprint density at radius 3 is 2.82 bits per heavy atom. The van der Waals surface area contributed by atoms with Crippen LogP contribution in [0.1, 0.15) is 51.1 Å². The molecule has 1 aliphatic rings. The van der Waals surface area contributed by atoms with E-state index in [9.17, 15) is 9.59 Å². The van der Waals surface area contributed by atoms with Crippen LogP contribution in [0, 0.1) is 6.92 Å². The molecule has 1 aliphatic heterocycles. The summed E-state index contributed by atoms with van der Waals surface area (Å²) in [6.45, 7) is 3.86. The van der Waals surface area contributed by atoms with Crippen LogP contribution in [0.4, 0.5) is 0 Å². The number of rotatable bonds is 9. The topological polar surface area (TPSA) is 75.4 Å². The number of piperidine rings is 1. The van der Waals surface area contributed by atoms with Gasteiger partial charge in [0, 0.05) is 48.0 Å². The second-order valence-corrected chi connectivity index (χ2v) is 10.3. The predicted octanol–water partition coefficient (Wildman–Crippen LogP) is 5.13. The number of thioether (sulfide) groups is 1. The van der Waals surface area contributed by atoms with E-state index < -0.39 is 0 Å². The first-order valence-electron chi connectivity index (χ1n) is 11.5. The standard InChI is InChI=1S/C26H29N3O3S2/c1-19-6-8-23(26(31)27-12-17-33-18-21-4-2-15-32-21)25(28-19)20-10-13-29(14-11-20)24(30)9-7-22-5-3-16-34-22/h2-9,15-16,20H,10-14,17-18H2,1H3,(H,27,31)/b9-7+. The number of hydrogen-bond donors (Lipinski definition) is 1. The summed E-state index contributed by atoms with van der Waals surface area (Å²) in [6, 6.07) is 11.6. The number of amides is 2. The fourth-order valence-corrected chi connectivity index (χ4v) is 5.37. The van der Waals surface area contributed by atoms with Crippen molar-refractivity contribution in [2.24, 2.45) is 0 Å². The molecule has 4 rings (SSSR count). The van der Waals surface area contributed by atoms with Gasteiger partial charge in [0.2, 0.25) is 5.91 Å². The van der Waals surface area contributed by atoms with Gasteiger partial charge in [-0.3, -0.25) is 14.6 Å². The monoisotopic (exact) mass is 495 g/mol. The van der Waals surface area contributed by atoms with E-state index >= 15 is 0 Å². The van der Waals surface area contributed by atoms with Gasteiger partial charge in [0.05, 0.1) is 23.3 Å². The van der Waals surface area contributed by atoms with Crippen LogP contribution in [0.2, 0.25) is 0 Å². The number of thiophene rings is 1. The third-order valence-corrected chi connectivity index (χ3v) is 7.61. The fraction of sp³-hybridized carbons (Fsp3) is 0.346. The number of carbonyl (C=O) groups excluding carboxylic acids is 2. The van der Waals surface area contributed by atoms with Crippen LogP contribution in [0.3, 0.4) is 0 Å². The highest BCUT2D eigenvalue weighted by Crippen LogP contribution is 2.29. The summed E-state index contributed by atoms with van der Waals surface area (Å²) in [5.74, 6) is 2.65. The van der Waals surface area contributed by atoms with Crippen molar-refractivity contribution >= 4 is 41.0 Å². The van der Waals surface area contributed by atoms with Gasteiger partial charge in [-0.15, -0.1) is 11.3 Å². The molecule has 0 aromatic carbocycles. The van der Waals surface area contributed by atoms with Crippen molar-refractivity contribution in [3.05, 3.63) is 81.7 Å². The van der Waals surface area contributed by atoms with Gasteiger partial charge in [-0.25, -0.2) is 0 Å². The van der Waals surface area contributed by atoms with E-state index in [4.69, 9.17) is 9.40 Å². The van der Waals surface area contributed by atoms with Crippen LogP contribution in [0.25, 0.3) is 6.08 Å². The molecule has 0 bridgehead atoms. The molecule has 0 spiro atoms. The zero-order valence-electron chi connectivity index (χ0n) is 19.2. The molecule has 0 radical (unpaired) electrons. The molecular weight excluding hydrogens is 466 g/mol. The minimum absolute atomic E-state index is 0.0362. The van der Waals surface area contributed by atoms with Crippen LogP contribution in [0.5, 0.6) is 0 Å². The van der Waals surface area contributed by atoms with Crippen molar-refractivity contribution in [2.45, 2.75) is 31.4 Å². The largest absolute Gasteiger partial charge is 0.468 e. The molecule has 178 valence electrons. The van der Waals surface area contributed by atoms with E-state index in [0.29, 0.717) is 25.2 Å². The van der Waals surface area contributed by atoms with E-state index in [1.807, 2.05) is 59.7 Å². The number of likely N-dealkylation sites (tertiary alicyclic amines) is 1. The first-order valence-corrected chi connectivity index (χ1v) is 13.5. The van der Waals surface area contributed by atoms with Gasteiger partial charge in [0.1, 0.15) is 5.76 Å². The summed E-state index contributed by atoms with van der Waals surface area (Å²) >= 11 is 3.34. The normalized spacial score (nSPS) is 14.6. The highest BCUT2D eigenvalue weighted by molar-refractivity contribution is 7.98. The number of hydrogen-bond acceptors (Lipinski definition) is 6. The third kappa shape index (κ3) is 6.61. The Balaban J connectivity index is 1.30. The van der Waals surface area contributed by atoms with Crippen molar-refractivity contribution in [1.29, 1.82) is 0 Å². The zero-order valence-corrected chi connectivity index (χ0v) is 20.9. The van der Waals surface area contributed by atoms with Gasteiger partial charge in [-0.05, 0) is 61.6 Å². The lowest BCUT2D eigenvalue weighted by Gasteiger charge is -2.32. The van der Waals surface area contributed by atoms with Crippen molar-refractivity contribution in [2.75, 3.05) is 25.4 Å². The van der Waals surface area contributed by atoms with Crippen molar-refractivity contribution in [3.63, 3.8) is 0 Å². The molecule has 0 aliphatic carbocycles. The van der Waals surface area contributed by atoms with Gasteiger partial charge < -0.3 is 14.6 Å². The molecule has 2 amide bonds. The average molecular weight is 496 g/mol. The maximum Gasteiger partial charge on any atom is 0.253 e. The molecule has 1 fully saturated rings. The number of carbonyl (C=O) groups is 2. The van der Waals surface area contributed by atoms with Crippen molar-refractivity contribution in [1.82, 2.24) is 15.2 Å². The number of aromatic nitrogens is 1. The van der Waals surface area contributed by atoms with Gasteiger partial charge in [0.15, 0.2) is 0 Å². The quantitative estimate of drug-likeness (QED) is 0.329. The maximum atomic E-state index is 12.9. The molecule has 3 aromatic heterocycles. The van der Waals surface area contributed by atoms with Gasteiger partial charge in [-0.2, -0.15) is 11.8 Å². The molecule has 1 saturated heterocycles. The van der Waals surface area contributed by atoms with Crippen LogP contribution in [0.15, 0.2) is 58.5 Å².